The lowest BCUT2D eigenvalue weighted by Gasteiger charge is -2.17. The molecule has 0 aliphatic rings. The number of carbonyl (C=O) groups excluding carboxylic acids is 1. The Labute approximate surface area is 145 Å². The average Bonchev–Trinajstić information content (AvgIpc) is 2.51. The molecule has 1 amide bonds. The number of hydrogen-bond acceptors (Lipinski definition) is 2. The van der Waals surface area contributed by atoms with Crippen LogP contribution in [0.4, 0.5) is 5.69 Å². The monoisotopic (exact) mass is 325 g/mol. The molecule has 0 unspecified atom stereocenters. The fraction of sp³-hybridized carbons (Fsp3) is 0.381. The second-order valence-electron chi connectivity index (χ2n) is 6.74. The zero-order valence-corrected chi connectivity index (χ0v) is 15.5. The average molecular weight is 325 g/mol. The van der Waals surface area contributed by atoms with Crippen LogP contribution in [0.1, 0.15) is 47.6 Å². The number of ether oxygens (including phenoxy) is 1. The molecule has 3 heteroatoms. The number of amides is 1. The van der Waals surface area contributed by atoms with Gasteiger partial charge in [-0.25, -0.2) is 0 Å². The Morgan fingerprint density at radius 2 is 1.79 bits per heavy atom. The molecule has 1 N–H and O–H groups in total. The van der Waals surface area contributed by atoms with Gasteiger partial charge in [0.25, 0.3) is 5.91 Å². The highest BCUT2D eigenvalue weighted by molar-refractivity contribution is 5.93. The first-order chi connectivity index (χ1) is 11.3. The molecule has 0 atom stereocenters. The van der Waals surface area contributed by atoms with Gasteiger partial charge in [0, 0.05) is 5.69 Å². The third-order valence-electron chi connectivity index (χ3n) is 4.31. The second-order valence-corrected chi connectivity index (χ2v) is 6.74. The highest BCUT2D eigenvalue weighted by atomic mass is 16.5. The topological polar surface area (TPSA) is 38.3 Å². The molecule has 24 heavy (non-hydrogen) atoms. The van der Waals surface area contributed by atoms with Crippen LogP contribution in [0, 0.1) is 27.7 Å². The summed E-state index contributed by atoms with van der Waals surface area (Å²) < 4.78 is 5.76. The van der Waals surface area contributed by atoms with Gasteiger partial charge in [-0.05, 0) is 67.5 Å². The lowest BCUT2D eigenvalue weighted by Crippen LogP contribution is -2.22. The van der Waals surface area contributed by atoms with Crippen molar-refractivity contribution in [2.24, 2.45) is 0 Å². The summed E-state index contributed by atoms with van der Waals surface area (Å²) >= 11 is 0. The first kappa shape index (κ1) is 18.1. The first-order valence-electron chi connectivity index (χ1n) is 8.39. The number of anilines is 1. The van der Waals surface area contributed by atoms with Crippen molar-refractivity contribution >= 4 is 11.6 Å². The molecule has 0 saturated heterocycles. The summed E-state index contributed by atoms with van der Waals surface area (Å²) in [5.41, 5.74) is 6.49. The lowest BCUT2D eigenvalue weighted by molar-refractivity contribution is -0.118. The van der Waals surface area contributed by atoms with E-state index in [0.29, 0.717) is 5.92 Å². The van der Waals surface area contributed by atoms with Gasteiger partial charge in [-0.1, -0.05) is 38.1 Å². The van der Waals surface area contributed by atoms with Crippen LogP contribution in [0.2, 0.25) is 0 Å². The van der Waals surface area contributed by atoms with Crippen LogP contribution in [0.15, 0.2) is 30.3 Å². The third-order valence-corrected chi connectivity index (χ3v) is 4.31. The first-order valence-corrected chi connectivity index (χ1v) is 8.39. The molecular formula is C21H27NO2. The van der Waals surface area contributed by atoms with E-state index < -0.39 is 0 Å². The van der Waals surface area contributed by atoms with Crippen molar-refractivity contribution in [1.82, 2.24) is 0 Å². The molecule has 0 aromatic heterocycles. The van der Waals surface area contributed by atoms with Crippen LogP contribution in [0.3, 0.4) is 0 Å². The SMILES string of the molecule is Cc1cc(C)c(C)c(OCC(=O)Nc2c(C)cccc2C(C)C)c1. The Morgan fingerprint density at radius 3 is 2.46 bits per heavy atom. The van der Waals surface area contributed by atoms with Crippen molar-refractivity contribution in [3.63, 3.8) is 0 Å². The Balaban J connectivity index is 2.10. The standard InChI is InChI=1S/C21H27NO2/c1-13(2)18-9-7-8-15(4)21(18)22-20(23)12-24-19-11-14(3)10-16(5)17(19)6/h7-11,13H,12H2,1-6H3,(H,22,23). The minimum absolute atomic E-state index is 0.00953. The van der Waals surface area contributed by atoms with Gasteiger partial charge in [0.2, 0.25) is 0 Å². The van der Waals surface area contributed by atoms with Crippen molar-refractivity contribution in [3.8, 4) is 5.75 Å². The zero-order chi connectivity index (χ0) is 17.9. The number of rotatable bonds is 5. The van der Waals surface area contributed by atoms with E-state index in [9.17, 15) is 4.79 Å². The molecule has 0 aliphatic heterocycles. The Kier molecular flexibility index (Phi) is 5.66. The highest BCUT2D eigenvalue weighted by Crippen LogP contribution is 2.27. The van der Waals surface area contributed by atoms with E-state index in [1.807, 2.05) is 39.0 Å². The number of hydrogen-bond donors (Lipinski definition) is 1. The maximum absolute atomic E-state index is 12.4. The van der Waals surface area contributed by atoms with Crippen molar-refractivity contribution < 1.29 is 9.53 Å². The summed E-state index contributed by atoms with van der Waals surface area (Å²) in [5, 5.41) is 3.02. The van der Waals surface area contributed by atoms with E-state index in [-0.39, 0.29) is 12.5 Å². The van der Waals surface area contributed by atoms with Crippen molar-refractivity contribution in [2.75, 3.05) is 11.9 Å². The third kappa shape index (κ3) is 4.16. The molecule has 2 rings (SSSR count). The van der Waals surface area contributed by atoms with Crippen LogP contribution in [-0.2, 0) is 4.79 Å². The zero-order valence-electron chi connectivity index (χ0n) is 15.5. The van der Waals surface area contributed by atoms with Crippen LogP contribution in [-0.4, -0.2) is 12.5 Å². The molecule has 3 nitrogen and oxygen atoms in total. The molecule has 128 valence electrons. The molecule has 2 aromatic rings. The molecule has 0 fully saturated rings. The van der Waals surface area contributed by atoms with Crippen LogP contribution < -0.4 is 10.1 Å². The number of benzene rings is 2. The van der Waals surface area contributed by atoms with Crippen LogP contribution in [0.5, 0.6) is 5.75 Å². The smallest absolute Gasteiger partial charge is 0.262 e. The highest BCUT2D eigenvalue weighted by Gasteiger charge is 2.13. The Hall–Kier alpha value is -2.29. The molecule has 0 aliphatic carbocycles. The van der Waals surface area contributed by atoms with Gasteiger partial charge in [-0.3, -0.25) is 4.79 Å². The van der Waals surface area contributed by atoms with Gasteiger partial charge in [0.1, 0.15) is 5.75 Å². The molecule has 0 heterocycles. The van der Waals surface area contributed by atoms with Gasteiger partial charge < -0.3 is 10.1 Å². The Morgan fingerprint density at radius 1 is 1.08 bits per heavy atom. The minimum Gasteiger partial charge on any atom is -0.483 e. The predicted molar refractivity (Wildman–Crippen MR) is 100 cm³/mol. The van der Waals surface area contributed by atoms with E-state index >= 15 is 0 Å². The van der Waals surface area contributed by atoms with E-state index in [1.165, 1.54) is 5.56 Å². The molecule has 0 spiro atoms. The summed E-state index contributed by atoms with van der Waals surface area (Å²) in [7, 11) is 0. The van der Waals surface area contributed by atoms with E-state index in [0.717, 1.165) is 33.7 Å². The summed E-state index contributed by atoms with van der Waals surface area (Å²) in [5.74, 6) is 0.990. The van der Waals surface area contributed by atoms with Crippen LogP contribution >= 0.6 is 0 Å². The van der Waals surface area contributed by atoms with Crippen molar-refractivity contribution in [3.05, 3.63) is 58.1 Å². The molecule has 0 saturated carbocycles. The largest absolute Gasteiger partial charge is 0.483 e. The summed E-state index contributed by atoms with van der Waals surface area (Å²) in [6, 6.07) is 10.2. The molecular weight excluding hydrogens is 298 g/mol. The number of carbonyl (C=O) groups is 1. The van der Waals surface area contributed by atoms with Gasteiger partial charge >= 0.3 is 0 Å². The number of nitrogens with one attached hydrogen (secondary N) is 1. The Bertz CT molecular complexity index is 748. The normalized spacial score (nSPS) is 10.8. The van der Waals surface area contributed by atoms with E-state index in [1.54, 1.807) is 0 Å². The van der Waals surface area contributed by atoms with Crippen LogP contribution in [0.25, 0.3) is 0 Å². The quantitative estimate of drug-likeness (QED) is 0.834. The molecule has 2 aromatic carbocycles. The maximum atomic E-state index is 12.4. The van der Waals surface area contributed by atoms with E-state index in [2.05, 4.69) is 38.2 Å². The molecule has 0 radical (unpaired) electrons. The fourth-order valence-corrected chi connectivity index (χ4v) is 2.81. The fourth-order valence-electron chi connectivity index (χ4n) is 2.81. The molecule has 0 bridgehead atoms. The summed E-state index contributed by atoms with van der Waals surface area (Å²) in [6.45, 7) is 12.4. The van der Waals surface area contributed by atoms with E-state index in [4.69, 9.17) is 4.74 Å². The van der Waals surface area contributed by atoms with Crippen molar-refractivity contribution in [2.45, 2.75) is 47.5 Å². The lowest BCUT2D eigenvalue weighted by atomic mass is 9.98. The summed E-state index contributed by atoms with van der Waals surface area (Å²) in [4.78, 5) is 12.4. The number of para-hydroxylation sites is 1. The predicted octanol–water partition coefficient (Wildman–Crippen LogP) is 5.06. The van der Waals surface area contributed by atoms with Gasteiger partial charge in [-0.15, -0.1) is 0 Å². The van der Waals surface area contributed by atoms with Gasteiger partial charge in [0.05, 0.1) is 0 Å². The minimum atomic E-state index is -0.134. The van der Waals surface area contributed by atoms with Gasteiger partial charge in [0.15, 0.2) is 6.61 Å². The second kappa shape index (κ2) is 7.52. The number of aryl methyl sites for hydroxylation is 3. The summed E-state index contributed by atoms with van der Waals surface area (Å²) in [6.07, 6.45) is 0. The van der Waals surface area contributed by atoms with Gasteiger partial charge in [-0.2, -0.15) is 0 Å². The maximum Gasteiger partial charge on any atom is 0.262 e. The van der Waals surface area contributed by atoms with Crippen molar-refractivity contribution in [1.29, 1.82) is 0 Å².